The summed E-state index contributed by atoms with van der Waals surface area (Å²) in [5, 5.41) is 7.33. The fourth-order valence-electron chi connectivity index (χ4n) is 2.68. The van der Waals surface area contributed by atoms with Crippen molar-refractivity contribution in [3.63, 3.8) is 0 Å². The Morgan fingerprint density at radius 1 is 1.23 bits per heavy atom. The first kappa shape index (κ1) is 20.0. The molecule has 1 aromatic heterocycles. The normalized spacial score (nSPS) is 10.6. The van der Waals surface area contributed by atoms with Crippen LogP contribution in [0.2, 0.25) is 0 Å². The molecule has 0 saturated carbocycles. The van der Waals surface area contributed by atoms with Crippen LogP contribution in [0.1, 0.15) is 35.9 Å². The maximum absolute atomic E-state index is 11.8. The van der Waals surface area contributed by atoms with E-state index in [9.17, 15) is 9.59 Å². The molecule has 0 fully saturated rings. The molecular formula is C19H24ClN3O3. The highest BCUT2D eigenvalue weighted by Crippen LogP contribution is 2.17. The minimum Gasteiger partial charge on any atom is -0.466 e. The van der Waals surface area contributed by atoms with Crippen LogP contribution in [0.3, 0.4) is 0 Å². The van der Waals surface area contributed by atoms with Crippen LogP contribution in [0.5, 0.6) is 0 Å². The molecule has 0 unspecified atom stereocenters. The van der Waals surface area contributed by atoms with Crippen molar-refractivity contribution in [1.29, 1.82) is 0 Å². The lowest BCUT2D eigenvalue weighted by atomic mass is 10.1. The topological polar surface area (TPSA) is 73.2 Å². The summed E-state index contributed by atoms with van der Waals surface area (Å²) in [4.78, 5) is 23.3. The number of halogens is 1. The second-order valence-corrected chi connectivity index (χ2v) is 6.35. The van der Waals surface area contributed by atoms with Crippen molar-refractivity contribution in [1.82, 2.24) is 9.78 Å². The highest BCUT2D eigenvalue weighted by Gasteiger charge is 2.15. The van der Waals surface area contributed by atoms with Crippen LogP contribution in [0.4, 0.5) is 5.69 Å². The van der Waals surface area contributed by atoms with Gasteiger partial charge in [0.05, 0.1) is 25.3 Å². The number of nitrogens with one attached hydrogen (secondary N) is 1. The third-order valence-corrected chi connectivity index (χ3v) is 4.24. The molecule has 0 atom stereocenters. The number of hydrogen-bond donors (Lipinski definition) is 1. The molecule has 140 valence electrons. The van der Waals surface area contributed by atoms with E-state index in [4.69, 9.17) is 16.3 Å². The van der Waals surface area contributed by atoms with Crippen molar-refractivity contribution in [3.8, 4) is 0 Å². The summed E-state index contributed by atoms with van der Waals surface area (Å²) >= 11 is 5.56. The summed E-state index contributed by atoms with van der Waals surface area (Å²) in [5.41, 5.74) is 4.48. The molecule has 1 N–H and O–H groups in total. The summed E-state index contributed by atoms with van der Waals surface area (Å²) in [6, 6.07) is 7.59. The highest BCUT2D eigenvalue weighted by molar-refractivity contribution is 6.19. The first-order valence-corrected chi connectivity index (χ1v) is 9.11. The summed E-state index contributed by atoms with van der Waals surface area (Å²) in [7, 11) is 0. The van der Waals surface area contributed by atoms with Crippen LogP contribution < -0.4 is 5.32 Å². The third kappa shape index (κ3) is 5.33. The second-order valence-electron chi connectivity index (χ2n) is 5.97. The number of nitrogens with zero attached hydrogens (tertiary/aromatic N) is 2. The van der Waals surface area contributed by atoms with Gasteiger partial charge in [-0.3, -0.25) is 14.3 Å². The Hall–Kier alpha value is -2.34. The van der Waals surface area contributed by atoms with Crippen LogP contribution in [0.25, 0.3) is 0 Å². The SMILES string of the molecule is CCOC(=O)Cc1c(C)nn(Cc2ccc(NC(=O)CCCl)cc2)c1C. The zero-order chi connectivity index (χ0) is 19.1. The van der Waals surface area contributed by atoms with Crippen molar-refractivity contribution in [2.75, 3.05) is 17.8 Å². The number of rotatable bonds is 8. The number of hydrogen-bond acceptors (Lipinski definition) is 4. The molecule has 0 saturated heterocycles. The van der Waals surface area contributed by atoms with E-state index >= 15 is 0 Å². The van der Waals surface area contributed by atoms with E-state index in [1.807, 2.05) is 42.8 Å². The number of ether oxygens (including phenoxy) is 1. The molecule has 2 rings (SSSR count). The number of carbonyl (C=O) groups excluding carboxylic acids is 2. The minimum absolute atomic E-state index is 0.102. The van der Waals surface area contributed by atoms with E-state index < -0.39 is 0 Å². The smallest absolute Gasteiger partial charge is 0.310 e. The fourth-order valence-corrected chi connectivity index (χ4v) is 2.85. The average Bonchev–Trinajstić information content (AvgIpc) is 2.84. The fraction of sp³-hybridized carbons (Fsp3) is 0.421. The molecule has 0 radical (unpaired) electrons. The van der Waals surface area contributed by atoms with Crippen LogP contribution in [0, 0.1) is 13.8 Å². The number of benzene rings is 1. The number of aryl methyl sites for hydroxylation is 1. The molecule has 0 aliphatic heterocycles. The molecule has 0 spiro atoms. The largest absolute Gasteiger partial charge is 0.466 e. The van der Waals surface area contributed by atoms with E-state index in [2.05, 4.69) is 10.4 Å². The molecule has 0 aliphatic carbocycles. The number of anilines is 1. The Morgan fingerprint density at radius 3 is 2.54 bits per heavy atom. The Bertz CT molecular complexity index is 769. The summed E-state index contributed by atoms with van der Waals surface area (Å²) in [5.74, 6) is -0.0409. The van der Waals surface area contributed by atoms with Crippen molar-refractivity contribution in [3.05, 3.63) is 46.8 Å². The van der Waals surface area contributed by atoms with Crippen LogP contribution in [-0.2, 0) is 27.3 Å². The zero-order valence-electron chi connectivity index (χ0n) is 15.3. The van der Waals surface area contributed by atoms with Gasteiger partial charge in [-0.25, -0.2) is 0 Å². The maximum Gasteiger partial charge on any atom is 0.310 e. The molecule has 0 bridgehead atoms. The van der Waals surface area contributed by atoms with Crippen molar-refractivity contribution >= 4 is 29.2 Å². The minimum atomic E-state index is -0.240. The Morgan fingerprint density at radius 2 is 1.92 bits per heavy atom. The molecule has 2 aromatic rings. The van der Waals surface area contributed by atoms with Gasteiger partial charge in [0, 0.05) is 29.2 Å². The van der Waals surface area contributed by atoms with E-state index in [0.717, 1.165) is 28.2 Å². The van der Waals surface area contributed by atoms with Crippen LogP contribution in [0.15, 0.2) is 24.3 Å². The van der Waals surface area contributed by atoms with E-state index in [1.165, 1.54) is 0 Å². The van der Waals surface area contributed by atoms with E-state index in [0.29, 0.717) is 19.0 Å². The molecule has 26 heavy (non-hydrogen) atoms. The number of alkyl halides is 1. The van der Waals surface area contributed by atoms with Gasteiger partial charge in [0.25, 0.3) is 0 Å². The molecule has 6 nitrogen and oxygen atoms in total. The third-order valence-electron chi connectivity index (χ3n) is 4.05. The van der Waals surface area contributed by atoms with E-state index in [1.54, 1.807) is 6.92 Å². The van der Waals surface area contributed by atoms with Gasteiger partial charge in [0.2, 0.25) is 5.91 Å². The first-order valence-electron chi connectivity index (χ1n) is 8.57. The molecule has 0 aliphatic rings. The van der Waals surface area contributed by atoms with Crippen molar-refractivity contribution < 1.29 is 14.3 Å². The van der Waals surface area contributed by atoms with Gasteiger partial charge in [-0.2, -0.15) is 5.10 Å². The number of esters is 1. The molecule has 1 aromatic carbocycles. The molecular weight excluding hydrogens is 354 g/mol. The van der Waals surface area contributed by atoms with Gasteiger partial charge >= 0.3 is 5.97 Å². The monoisotopic (exact) mass is 377 g/mol. The summed E-state index contributed by atoms with van der Waals surface area (Å²) < 4.78 is 6.91. The lowest BCUT2D eigenvalue weighted by Crippen LogP contribution is -2.11. The number of carbonyl (C=O) groups is 2. The van der Waals surface area contributed by atoms with Gasteiger partial charge in [0.15, 0.2) is 0 Å². The maximum atomic E-state index is 11.8. The highest BCUT2D eigenvalue weighted by atomic mass is 35.5. The quantitative estimate of drug-likeness (QED) is 0.566. The lowest BCUT2D eigenvalue weighted by Gasteiger charge is -2.08. The number of aromatic nitrogens is 2. The van der Waals surface area contributed by atoms with Crippen LogP contribution >= 0.6 is 11.6 Å². The molecule has 7 heteroatoms. The second kappa shape index (κ2) is 9.38. The predicted molar refractivity (Wildman–Crippen MR) is 102 cm³/mol. The van der Waals surface area contributed by atoms with Gasteiger partial charge in [-0.15, -0.1) is 11.6 Å². The standard InChI is InChI=1S/C19H24ClN3O3/c1-4-26-19(25)11-17-13(2)22-23(14(17)3)12-15-5-7-16(8-6-15)21-18(24)9-10-20/h5-8H,4,9-12H2,1-3H3,(H,21,24). The lowest BCUT2D eigenvalue weighted by molar-refractivity contribution is -0.142. The average molecular weight is 378 g/mol. The van der Waals surface area contributed by atoms with Gasteiger partial charge in [-0.1, -0.05) is 12.1 Å². The molecule has 1 amide bonds. The van der Waals surface area contributed by atoms with Crippen molar-refractivity contribution in [2.24, 2.45) is 0 Å². The van der Waals surface area contributed by atoms with Crippen LogP contribution in [-0.4, -0.2) is 34.1 Å². The first-order chi connectivity index (χ1) is 12.4. The van der Waals surface area contributed by atoms with Gasteiger partial charge < -0.3 is 10.1 Å². The van der Waals surface area contributed by atoms with Gasteiger partial charge in [0.1, 0.15) is 0 Å². The Labute approximate surface area is 158 Å². The summed E-state index contributed by atoms with van der Waals surface area (Å²) in [6.07, 6.45) is 0.523. The summed E-state index contributed by atoms with van der Waals surface area (Å²) in [6.45, 7) is 6.61. The van der Waals surface area contributed by atoms with Crippen molar-refractivity contribution in [2.45, 2.75) is 40.2 Å². The zero-order valence-corrected chi connectivity index (χ0v) is 16.1. The Balaban J connectivity index is 2.06. The number of amides is 1. The van der Waals surface area contributed by atoms with E-state index in [-0.39, 0.29) is 24.7 Å². The Kier molecular flexibility index (Phi) is 7.21. The predicted octanol–water partition coefficient (Wildman–Crippen LogP) is 3.22. The van der Waals surface area contributed by atoms with Gasteiger partial charge in [-0.05, 0) is 38.5 Å². The molecule has 1 heterocycles.